The molecule has 16 heavy (non-hydrogen) atoms. The quantitative estimate of drug-likeness (QED) is 0.684. The lowest BCUT2D eigenvalue weighted by Gasteiger charge is -1.97. The molecule has 0 aliphatic heterocycles. The van der Waals surface area contributed by atoms with Crippen molar-refractivity contribution in [2.45, 2.75) is 26.2 Å². The molecule has 1 rings (SSSR count). The van der Waals surface area contributed by atoms with Gasteiger partial charge in [0.2, 0.25) is 0 Å². The number of rotatable bonds is 2. The van der Waals surface area contributed by atoms with Crippen molar-refractivity contribution in [2.24, 2.45) is 0 Å². The molecule has 0 radical (unpaired) electrons. The van der Waals surface area contributed by atoms with Gasteiger partial charge in [0.05, 0.1) is 13.5 Å². The zero-order valence-electron chi connectivity index (χ0n) is 9.84. The number of unbranched alkanes of at least 4 members (excludes halogenated alkanes) is 1. The summed E-state index contributed by atoms with van der Waals surface area (Å²) in [5, 5.41) is 0. The number of methoxy groups -OCH3 is 1. The van der Waals surface area contributed by atoms with Crippen LogP contribution in [0.15, 0.2) is 24.3 Å². The fraction of sp³-hybridized carbons (Fsp3) is 0.333. The van der Waals surface area contributed by atoms with E-state index in [1.165, 1.54) is 0 Å². The van der Waals surface area contributed by atoms with E-state index < -0.39 is 0 Å². The molecule has 0 amide bonds. The Bertz CT molecular complexity index is 420. The van der Waals surface area contributed by atoms with Gasteiger partial charge >= 0.3 is 0 Å². The Morgan fingerprint density at radius 2 is 1.81 bits per heavy atom. The fourth-order valence-corrected chi connectivity index (χ4v) is 1.14. The van der Waals surface area contributed by atoms with Crippen LogP contribution >= 0.6 is 0 Å². The van der Waals surface area contributed by atoms with Gasteiger partial charge < -0.3 is 4.74 Å². The van der Waals surface area contributed by atoms with Crippen LogP contribution in [0.5, 0.6) is 5.75 Å². The summed E-state index contributed by atoms with van der Waals surface area (Å²) >= 11 is 0. The Morgan fingerprint density at radius 3 is 2.44 bits per heavy atom. The largest absolute Gasteiger partial charge is 0.497 e. The Hall–Kier alpha value is -1.86. The molecule has 0 aromatic heterocycles. The van der Waals surface area contributed by atoms with Gasteiger partial charge in [0.15, 0.2) is 0 Å². The lowest BCUT2D eigenvalue weighted by molar-refractivity contribution is 0.415. The van der Waals surface area contributed by atoms with Gasteiger partial charge in [0, 0.05) is 12.0 Å². The Morgan fingerprint density at radius 1 is 1.06 bits per heavy atom. The maximum absolute atomic E-state index is 5.07. The summed E-state index contributed by atoms with van der Waals surface area (Å²) in [6, 6.07) is 7.72. The number of hydrogen-bond donors (Lipinski definition) is 0. The fourth-order valence-electron chi connectivity index (χ4n) is 1.14. The first-order valence-corrected chi connectivity index (χ1v) is 5.45. The molecule has 0 heterocycles. The third-order valence-corrected chi connectivity index (χ3v) is 2.00. The minimum atomic E-state index is 0.645. The first kappa shape index (κ1) is 12.2. The maximum Gasteiger partial charge on any atom is 0.118 e. The molecule has 0 spiro atoms. The first-order valence-electron chi connectivity index (χ1n) is 5.45. The summed E-state index contributed by atoms with van der Waals surface area (Å²) < 4.78 is 5.07. The van der Waals surface area contributed by atoms with Gasteiger partial charge in [-0.15, -0.1) is 5.92 Å². The third kappa shape index (κ3) is 4.58. The van der Waals surface area contributed by atoms with Crippen molar-refractivity contribution in [2.75, 3.05) is 7.11 Å². The second kappa shape index (κ2) is 7.43. The topological polar surface area (TPSA) is 9.23 Å². The van der Waals surface area contributed by atoms with E-state index in [2.05, 4.69) is 30.6 Å². The highest BCUT2D eigenvalue weighted by Crippen LogP contribution is 2.09. The molecule has 0 bridgehead atoms. The summed E-state index contributed by atoms with van der Waals surface area (Å²) in [4.78, 5) is 0. The monoisotopic (exact) mass is 212 g/mol. The van der Waals surface area contributed by atoms with Gasteiger partial charge in [-0.2, -0.15) is 0 Å². The Labute approximate surface area is 97.8 Å². The molecule has 0 fully saturated rings. The second-order valence-electron chi connectivity index (χ2n) is 3.31. The average molecular weight is 212 g/mol. The van der Waals surface area contributed by atoms with Crippen LogP contribution in [0.25, 0.3) is 0 Å². The zero-order chi connectivity index (χ0) is 11.6. The van der Waals surface area contributed by atoms with E-state index in [4.69, 9.17) is 4.74 Å². The highest BCUT2D eigenvalue weighted by molar-refractivity contribution is 5.38. The summed E-state index contributed by atoms with van der Waals surface area (Å²) in [6.45, 7) is 2.12. The van der Waals surface area contributed by atoms with Crippen molar-refractivity contribution < 1.29 is 4.74 Å². The van der Waals surface area contributed by atoms with Crippen LogP contribution in [-0.2, 0) is 0 Å². The smallest absolute Gasteiger partial charge is 0.118 e. The molecular weight excluding hydrogens is 196 g/mol. The van der Waals surface area contributed by atoms with Crippen LogP contribution in [0.1, 0.15) is 31.7 Å². The lowest BCUT2D eigenvalue weighted by Crippen LogP contribution is -1.81. The Kier molecular flexibility index (Phi) is 5.67. The molecule has 0 N–H and O–H groups in total. The van der Waals surface area contributed by atoms with Gasteiger partial charge in [-0.3, -0.25) is 0 Å². The zero-order valence-corrected chi connectivity index (χ0v) is 9.84. The lowest BCUT2D eigenvalue weighted by atomic mass is 10.2. The number of hydrogen-bond acceptors (Lipinski definition) is 1. The molecule has 0 aliphatic rings. The second-order valence-corrected chi connectivity index (χ2v) is 3.31. The molecule has 0 aliphatic carbocycles. The number of ether oxygens (including phenoxy) is 1. The van der Waals surface area contributed by atoms with Crippen molar-refractivity contribution >= 4 is 0 Å². The van der Waals surface area contributed by atoms with Gasteiger partial charge in [0.1, 0.15) is 5.75 Å². The molecule has 1 aromatic rings. The van der Waals surface area contributed by atoms with E-state index >= 15 is 0 Å². The van der Waals surface area contributed by atoms with Crippen LogP contribution < -0.4 is 4.74 Å². The van der Waals surface area contributed by atoms with E-state index in [1.807, 2.05) is 24.3 Å². The first-order chi connectivity index (χ1) is 7.86. The molecule has 0 saturated heterocycles. The minimum absolute atomic E-state index is 0.645. The van der Waals surface area contributed by atoms with E-state index in [1.54, 1.807) is 7.11 Å². The molecule has 1 nitrogen and oxygen atoms in total. The van der Waals surface area contributed by atoms with Crippen molar-refractivity contribution in [3.8, 4) is 29.4 Å². The van der Waals surface area contributed by atoms with E-state index in [0.29, 0.717) is 6.42 Å². The van der Waals surface area contributed by atoms with Crippen LogP contribution in [-0.4, -0.2) is 7.11 Å². The average Bonchev–Trinajstić information content (AvgIpc) is 2.34. The summed E-state index contributed by atoms with van der Waals surface area (Å²) in [7, 11) is 1.66. The normalized spacial score (nSPS) is 8.38. The summed E-state index contributed by atoms with van der Waals surface area (Å²) in [5.41, 5.74) is 0.998. The van der Waals surface area contributed by atoms with E-state index in [-0.39, 0.29) is 0 Å². The maximum atomic E-state index is 5.07. The van der Waals surface area contributed by atoms with Crippen LogP contribution in [0.3, 0.4) is 0 Å². The minimum Gasteiger partial charge on any atom is -0.497 e. The number of benzene rings is 1. The molecule has 1 aromatic carbocycles. The summed E-state index contributed by atoms with van der Waals surface area (Å²) in [5.74, 6) is 13.1. The molecule has 1 heteroatoms. The third-order valence-electron chi connectivity index (χ3n) is 2.00. The van der Waals surface area contributed by atoms with Crippen LogP contribution in [0.2, 0.25) is 0 Å². The predicted molar refractivity (Wildman–Crippen MR) is 67.2 cm³/mol. The summed E-state index contributed by atoms with van der Waals surface area (Å²) in [6.07, 6.45) is 2.72. The molecule has 0 atom stereocenters. The molecule has 82 valence electrons. The van der Waals surface area contributed by atoms with E-state index in [0.717, 1.165) is 24.2 Å². The molecule has 0 unspecified atom stereocenters. The highest BCUT2D eigenvalue weighted by Gasteiger charge is 1.88. The predicted octanol–water partition coefficient (Wildman–Crippen LogP) is 3.24. The van der Waals surface area contributed by atoms with Crippen LogP contribution in [0, 0.1) is 23.7 Å². The molecule has 0 saturated carbocycles. The van der Waals surface area contributed by atoms with Gasteiger partial charge in [-0.25, -0.2) is 0 Å². The van der Waals surface area contributed by atoms with Crippen molar-refractivity contribution in [1.82, 2.24) is 0 Å². The SMILES string of the molecule is CCCC#CCC#Cc1ccc(OC)cc1. The van der Waals surface area contributed by atoms with E-state index in [9.17, 15) is 0 Å². The van der Waals surface area contributed by atoms with Crippen LogP contribution in [0.4, 0.5) is 0 Å². The van der Waals surface area contributed by atoms with Crippen molar-refractivity contribution in [1.29, 1.82) is 0 Å². The van der Waals surface area contributed by atoms with Gasteiger partial charge in [0.25, 0.3) is 0 Å². The molecular formula is C15H16O. The Balaban J connectivity index is 2.48. The van der Waals surface area contributed by atoms with Crippen molar-refractivity contribution in [3.63, 3.8) is 0 Å². The standard InChI is InChI=1S/C15H16O/c1-3-4-5-6-7-8-9-14-10-12-15(16-2)13-11-14/h10-13H,3-4,7H2,1-2H3. The van der Waals surface area contributed by atoms with Gasteiger partial charge in [-0.1, -0.05) is 24.7 Å². The van der Waals surface area contributed by atoms with Crippen molar-refractivity contribution in [3.05, 3.63) is 29.8 Å². The van der Waals surface area contributed by atoms with Gasteiger partial charge in [-0.05, 0) is 30.7 Å². The highest BCUT2D eigenvalue weighted by atomic mass is 16.5.